The number of fused-ring (bicyclic) bond motifs is 1. The van der Waals surface area contributed by atoms with Crippen molar-refractivity contribution in [2.45, 2.75) is 13.1 Å². The maximum atomic E-state index is 10.3. The van der Waals surface area contributed by atoms with Crippen LogP contribution in [0.3, 0.4) is 0 Å². The van der Waals surface area contributed by atoms with Crippen LogP contribution in [0.4, 0.5) is 0 Å². The second-order valence-corrected chi connectivity index (χ2v) is 5.33. The van der Waals surface area contributed by atoms with E-state index in [0.29, 0.717) is 0 Å². The van der Waals surface area contributed by atoms with Crippen molar-refractivity contribution in [3.05, 3.63) is 69.1 Å². The molecule has 2 aromatic carbocycles. The van der Waals surface area contributed by atoms with Crippen LogP contribution in [0, 0.1) is 0 Å². The lowest BCUT2D eigenvalue weighted by Gasteiger charge is -2.28. The van der Waals surface area contributed by atoms with E-state index in [-0.39, 0.29) is 0 Å². The molecule has 0 fully saturated rings. The minimum Gasteiger partial charge on any atom is -0.286 e. The molecule has 0 saturated heterocycles. The first-order valence-corrected chi connectivity index (χ1v) is 6.84. The number of nitrogens with zero attached hydrogens (tertiary/aromatic N) is 2. The van der Waals surface area contributed by atoms with Crippen LogP contribution < -0.4 is 10.6 Å². The highest BCUT2D eigenvalue weighted by molar-refractivity contribution is 9.10. The minimum atomic E-state index is -0.412. The van der Waals surface area contributed by atoms with Gasteiger partial charge in [-0.05, 0) is 19.1 Å². The monoisotopic (exact) mass is 316 g/mol. The number of benzene rings is 2. The first-order valence-electron chi connectivity index (χ1n) is 6.05. The molecule has 1 heterocycles. The molecule has 0 aromatic heterocycles. The normalized spacial score (nSPS) is 17.9. The number of rotatable bonds is 1. The molecule has 1 aliphatic rings. The van der Waals surface area contributed by atoms with Gasteiger partial charge in [0.05, 0.1) is 11.1 Å². The van der Waals surface area contributed by atoms with Gasteiger partial charge in [-0.3, -0.25) is 10.2 Å². The molecule has 96 valence electrons. The molecule has 19 heavy (non-hydrogen) atoms. The third kappa shape index (κ3) is 2.07. The van der Waals surface area contributed by atoms with Gasteiger partial charge < -0.3 is 0 Å². The topological polar surface area (TPSA) is 35.8 Å². The Morgan fingerprint density at radius 1 is 1.11 bits per heavy atom. The fourth-order valence-corrected chi connectivity index (χ4v) is 2.76. The largest absolute Gasteiger partial charge is 0.286 e. The van der Waals surface area contributed by atoms with Gasteiger partial charge in [0.15, 0.2) is 6.17 Å². The average Bonchev–Trinajstić information content (AvgIpc) is 2.44. The van der Waals surface area contributed by atoms with Gasteiger partial charge in [0.1, 0.15) is 0 Å². The lowest BCUT2D eigenvalue weighted by atomic mass is 10.1. The molecule has 2 aromatic rings. The Hall–Kier alpha value is -1.65. The summed E-state index contributed by atoms with van der Waals surface area (Å²) in [5, 5.41) is 13.4. The smallest absolute Gasteiger partial charge is 0.172 e. The van der Waals surface area contributed by atoms with Gasteiger partial charge in [0, 0.05) is 15.3 Å². The second kappa shape index (κ2) is 4.79. The van der Waals surface area contributed by atoms with Crippen LogP contribution in [0.2, 0.25) is 0 Å². The van der Waals surface area contributed by atoms with Crippen molar-refractivity contribution in [3.8, 4) is 0 Å². The summed E-state index contributed by atoms with van der Waals surface area (Å²) in [6, 6.07) is 15.6. The average molecular weight is 317 g/mol. The van der Waals surface area contributed by atoms with Crippen molar-refractivity contribution in [1.82, 2.24) is 5.06 Å². The maximum Gasteiger partial charge on any atom is 0.172 e. The molecule has 1 N–H and O–H groups in total. The van der Waals surface area contributed by atoms with E-state index in [0.717, 1.165) is 26.3 Å². The zero-order valence-electron chi connectivity index (χ0n) is 10.4. The Morgan fingerprint density at radius 3 is 2.58 bits per heavy atom. The number of halogens is 1. The predicted octanol–water partition coefficient (Wildman–Crippen LogP) is 2.60. The summed E-state index contributed by atoms with van der Waals surface area (Å²) in [4.78, 5) is 4.63. The van der Waals surface area contributed by atoms with E-state index >= 15 is 0 Å². The highest BCUT2D eigenvalue weighted by Crippen LogP contribution is 2.30. The summed E-state index contributed by atoms with van der Waals surface area (Å²) in [7, 11) is 0. The fourth-order valence-electron chi connectivity index (χ4n) is 2.27. The van der Waals surface area contributed by atoms with Crippen molar-refractivity contribution in [2.24, 2.45) is 4.99 Å². The SMILES string of the molecule is CC1=c2ccccc2=NC(c2ccccc2Br)N1O. The van der Waals surface area contributed by atoms with Crippen molar-refractivity contribution in [1.29, 1.82) is 0 Å². The molecule has 4 heteroatoms. The zero-order chi connectivity index (χ0) is 13.4. The summed E-state index contributed by atoms with van der Waals surface area (Å²) in [6.45, 7) is 1.90. The molecule has 0 saturated carbocycles. The number of hydrogen-bond donors (Lipinski definition) is 1. The first kappa shape index (κ1) is 12.4. The lowest BCUT2D eigenvalue weighted by Crippen LogP contribution is -2.39. The van der Waals surface area contributed by atoms with E-state index in [1.54, 1.807) is 0 Å². The van der Waals surface area contributed by atoms with Crippen LogP contribution in [0.1, 0.15) is 18.7 Å². The molecule has 1 atom stereocenters. The maximum absolute atomic E-state index is 10.3. The Bertz CT molecular complexity index is 742. The molecule has 0 amide bonds. The molecule has 0 aliphatic carbocycles. The number of para-hydroxylation sites is 1. The van der Waals surface area contributed by atoms with Crippen LogP contribution in [-0.2, 0) is 0 Å². The molecular weight excluding hydrogens is 304 g/mol. The standard InChI is InChI=1S/C15H13BrN2O/c1-10-11-6-3-5-9-14(11)17-15(18(10)19)12-7-2-4-8-13(12)16/h2-9,15,19H,1H3. The van der Waals surface area contributed by atoms with Crippen molar-refractivity contribution in [3.63, 3.8) is 0 Å². The van der Waals surface area contributed by atoms with E-state index in [4.69, 9.17) is 0 Å². The van der Waals surface area contributed by atoms with Gasteiger partial charge in [-0.2, -0.15) is 0 Å². The Morgan fingerprint density at radius 2 is 1.79 bits per heavy atom. The van der Waals surface area contributed by atoms with Gasteiger partial charge in [-0.1, -0.05) is 52.3 Å². The van der Waals surface area contributed by atoms with Crippen LogP contribution in [0.15, 0.2) is 58.0 Å². The summed E-state index contributed by atoms with van der Waals surface area (Å²) in [5.74, 6) is 0. The summed E-state index contributed by atoms with van der Waals surface area (Å²) < 4.78 is 0.940. The summed E-state index contributed by atoms with van der Waals surface area (Å²) in [5.41, 5.74) is 1.75. The van der Waals surface area contributed by atoms with Crippen LogP contribution in [-0.4, -0.2) is 10.3 Å². The Kier molecular flexibility index (Phi) is 3.12. The van der Waals surface area contributed by atoms with Gasteiger partial charge >= 0.3 is 0 Å². The molecule has 0 radical (unpaired) electrons. The predicted molar refractivity (Wildman–Crippen MR) is 76.8 cm³/mol. The minimum absolute atomic E-state index is 0.412. The van der Waals surface area contributed by atoms with E-state index in [9.17, 15) is 5.21 Å². The molecule has 0 spiro atoms. The molecule has 1 aliphatic heterocycles. The summed E-state index contributed by atoms with van der Waals surface area (Å²) in [6.07, 6.45) is -0.412. The highest BCUT2D eigenvalue weighted by atomic mass is 79.9. The van der Waals surface area contributed by atoms with Crippen LogP contribution in [0.5, 0.6) is 0 Å². The zero-order valence-corrected chi connectivity index (χ0v) is 12.0. The Labute approximate surface area is 119 Å². The number of hydroxylamine groups is 2. The van der Waals surface area contributed by atoms with Crippen molar-refractivity contribution >= 4 is 21.6 Å². The van der Waals surface area contributed by atoms with Gasteiger partial charge in [0.25, 0.3) is 0 Å². The third-order valence-electron chi connectivity index (χ3n) is 3.31. The van der Waals surface area contributed by atoms with Crippen LogP contribution >= 0.6 is 15.9 Å². The van der Waals surface area contributed by atoms with E-state index in [2.05, 4.69) is 20.9 Å². The molecule has 3 rings (SSSR count). The first-order chi connectivity index (χ1) is 9.18. The Balaban J connectivity index is 2.23. The van der Waals surface area contributed by atoms with Gasteiger partial charge in [-0.15, -0.1) is 0 Å². The number of hydrogen-bond acceptors (Lipinski definition) is 3. The molecular formula is C15H13BrN2O. The lowest BCUT2D eigenvalue weighted by molar-refractivity contribution is -0.0708. The molecule has 1 unspecified atom stereocenters. The van der Waals surface area contributed by atoms with E-state index in [1.807, 2.05) is 55.5 Å². The second-order valence-electron chi connectivity index (χ2n) is 4.47. The van der Waals surface area contributed by atoms with Crippen molar-refractivity contribution < 1.29 is 5.21 Å². The third-order valence-corrected chi connectivity index (χ3v) is 4.04. The van der Waals surface area contributed by atoms with Crippen LogP contribution in [0.25, 0.3) is 5.70 Å². The van der Waals surface area contributed by atoms with Gasteiger partial charge in [-0.25, -0.2) is 5.06 Å². The highest BCUT2D eigenvalue weighted by Gasteiger charge is 2.23. The summed E-state index contributed by atoms with van der Waals surface area (Å²) >= 11 is 3.51. The van der Waals surface area contributed by atoms with Gasteiger partial charge in [0.2, 0.25) is 0 Å². The van der Waals surface area contributed by atoms with E-state index < -0.39 is 6.17 Å². The molecule has 3 nitrogen and oxygen atoms in total. The quantitative estimate of drug-likeness (QED) is 0.878. The van der Waals surface area contributed by atoms with E-state index in [1.165, 1.54) is 5.06 Å². The molecule has 0 bridgehead atoms. The fraction of sp³-hybridized carbons (Fsp3) is 0.133. The van der Waals surface area contributed by atoms with Crippen molar-refractivity contribution in [2.75, 3.05) is 0 Å².